The number of imide groups is 1. The van der Waals surface area contributed by atoms with Gasteiger partial charge in [0.25, 0.3) is 11.8 Å². The molecule has 1 fully saturated rings. The van der Waals surface area contributed by atoms with Crippen LogP contribution in [0.4, 0.5) is 9.80 Å². The number of rotatable bonds is 7. The molecule has 1 atom stereocenters. The van der Waals surface area contributed by atoms with E-state index in [0.717, 1.165) is 49.2 Å². The van der Waals surface area contributed by atoms with Crippen LogP contribution in [-0.2, 0) is 23.0 Å². The largest absolute Gasteiger partial charge is 0.351 e. The van der Waals surface area contributed by atoms with Gasteiger partial charge in [-0.2, -0.15) is 4.31 Å². The minimum atomic E-state index is -3.65. The number of sulfonamides is 1. The lowest BCUT2D eigenvalue weighted by Gasteiger charge is -2.32. The Labute approximate surface area is 221 Å². The van der Waals surface area contributed by atoms with E-state index in [9.17, 15) is 22.8 Å². The number of hydrogen-bond donors (Lipinski definition) is 3. The van der Waals surface area contributed by atoms with E-state index in [1.807, 2.05) is 6.92 Å². The summed E-state index contributed by atoms with van der Waals surface area (Å²) in [7, 11) is -3.65. The van der Waals surface area contributed by atoms with Crippen molar-refractivity contribution in [1.82, 2.24) is 14.5 Å². The van der Waals surface area contributed by atoms with Gasteiger partial charge in [-0.1, -0.05) is 13.3 Å². The van der Waals surface area contributed by atoms with Crippen LogP contribution < -0.4 is 16.4 Å². The Morgan fingerprint density at radius 2 is 1.84 bits per heavy atom. The smallest absolute Gasteiger partial charge is 0.319 e. The van der Waals surface area contributed by atoms with Crippen molar-refractivity contribution in [2.45, 2.75) is 63.4 Å². The van der Waals surface area contributed by atoms with E-state index < -0.39 is 27.9 Å². The molecule has 2 aliphatic rings. The number of primary amides is 1. The number of nitrogens with two attached hydrogens (primary N) is 1. The molecule has 2 aliphatic heterocycles. The zero-order valence-corrected chi connectivity index (χ0v) is 22.7. The Morgan fingerprint density at radius 1 is 1.11 bits per heavy atom. The number of piperidine rings is 1. The van der Waals surface area contributed by atoms with Crippen molar-refractivity contribution in [3.05, 3.63) is 45.8 Å². The third-order valence-electron chi connectivity index (χ3n) is 6.83. The van der Waals surface area contributed by atoms with Crippen LogP contribution >= 0.6 is 11.3 Å². The minimum absolute atomic E-state index is 0.0650. The molecule has 0 radical (unpaired) electrons. The van der Waals surface area contributed by atoms with E-state index in [1.54, 1.807) is 0 Å². The number of amides is 4. The molecule has 200 valence electrons. The molecule has 37 heavy (non-hydrogen) atoms. The van der Waals surface area contributed by atoms with Crippen LogP contribution in [0.25, 0.3) is 0 Å². The molecule has 0 aliphatic carbocycles. The van der Waals surface area contributed by atoms with Crippen molar-refractivity contribution in [2.75, 3.05) is 25.0 Å². The highest BCUT2D eigenvalue weighted by molar-refractivity contribution is 7.89. The van der Waals surface area contributed by atoms with Gasteiger partial charge < -0.3 is 11.1 Å². The fourth-order valence-electron chi connectivity index (χ4n) is 4.98. The van der Waals surface area contributed by atoms with Crippen molar-refractivity contribution < 1.29 is 22.8 Å². The average Bonchev–Trinajstić information content (AvgIpc) is 3.21. The Balaban J connectivity index is 1.57. The van der Waals surface area contributed by atoms with Gasteiger partial charge in [0.15, 0.2) is 0 Å². The maximum absolute atomic E-state index is 13.1. The average molecular weight is 548 g/mol. The highest BCUT2D eigenvalue weighted by Gasteiger charge is 2.32. The molecule has 1 unspecified atom stereocenters. The lowest BCUT2D eigenvalue weighted by atomic mass is 10.0. The summed E-state index contributed by atoms with van der Waals surface area (Å²) in [5.41, 5.74) is 6.49. The molecular weight excluding hydrogens is 514 g/mol. The second-order valence-corrected chi connectivity index (χ2v) is 12.5. The molecule has 2 aromatic rings. The number of nitrogens with zero attached hydrogens (tertiary/aromatic N) is 2. The van der Waals surface area contributed by atoms with Crippen LogP contribution in [-0.4, -0.2) is 61.1 Å². The molecule has 0 spiro atoms. The lowest BCUT2D eigenvalue weighted by Crippen LogP contribution is -2.41. The molecule has 4 amide bonds. The van der Waals surface area contributed by atoms with E-state index in [0.29, 0.717) is 24.5 Å². The van der Waals surface area contributed by atoms with Crippen LogP contribution in [0.5, 0.6) is 0 Å². The number of carbonyl (C=O) groups excluding carboxylic acids is 3. The summed E-state index contributed by atoms with van der Waals surface area (Å²) in [6.45, 7) is 6.85. The van der Waals surface area contributed by atoms with Crippen molar-refractivity contribution in [3.8, 4) is 0 Å². The topological polar surface area (TPSA) is 142 Å². The van der Waals surface area contributed by atoms with Crippen LogP contribution in [0.2, 0.25) is 0 Å². The highest BCUT2D eigenvalue weighted by atomic mass is 32.2. The summed E-state index contributed by atoms with van der Waals surface area (Å²) in [6, 6.07) is 4.78. The maximum Gasteiger partial charge on any atom is 0.319 e. The second kappa shape index (κ2) is 11.3. The third-order valence-corrected chi connectivity index (χ3v) is 9.99. The van der Waals surface area contributed by atoms with Crippen molar-refractivity contribution in [2.24, 2.45) is 5.73 Å². The van der Waals surface area contributed by atoms with Crippen LogP contribution in [0, 0.1) is 0 Å². The van der Waals surface area contributed by atoms with Gasteiger partial charge in [-0.05, 0) is 69.0 Å². The quantitative estimate of drug-likeness (QED) is 0.486. The van der Waals surface area contributed by atoms with E-state index >= 15 is 0 Å². The van der Waals surface area contributed by atoms with Gasteiger partial charge >= 0.3 is 6.03 Å². The van der Waals surface area contributed by atoms with Crippen molar-refractivity contribution in [1.29, 1.82) is 0 Å². The summed E-state index contributed by atoms with van der Waals surface area (Å²) >= 11 is 1.31. The molecular formula is C25H33N5O5S2. The molecule has 1 aromatic heterocycles. The zero-order chi connectivity index (χ0) is 26.7. The predicted molar refractivity (Wildman–Crippen MR) is 142 cm³/mol. The van der Waals surface area contributed by atoms with Gasteiger partial charge in [0, 0.05) is 36.1 Å². The maximum atomic E-state index is 13.1. The summed E-state index contributed by atoms with van der Waals surface area (Å²) in [6.07, 6.45) is 4.28. The Morgan fingerprint density at radius 3 is 2.49 bits per heavy atom. The van der Waals surface area contributed by atoms with Crippen molar-refractivity contribution >= 4 is 44.2 Å². The van der Waals surface area contributed by atoms with E-state index in [4.69, 9.17) is 5.73 Å². The Bertz CT molecular complexity index is 1290. The predicted octanol–water partition coefficient (Wildman–Crippen LogP) is 3.14. The second-order valence-electron chi connectivity index (χ2n) is 9.49. The first-order valence-electron chi connectivity index (χ1n) is 12.5. The fraction of sp³-hybridized carbons (Fsp3) is 0.480. The normalized spacial score (nSPS) is 18.7. The molecule has 1 saturated heterocycles. The Hall–Kier alpha value is -2.80. The molecule has 0 bridgehead atoms. The van der Waals surface area contributed by atoms with E-state index in [2.05, 4.69) is 22.5 Å². The summed E-state index contributed by atoms with van der Waals surface area (Å²) in [4.78, 5) is 40.7. The minimum Gasteiger partial charge on any atom is -0.351 e. The highest BCUT2D eigenvalue weighted by Crippen LogP contribution is 2.37. The summed E-state index contributed by atoms with van der Waals surface area (Å²) in [5, 5.41) is 5.25. The van der Waals surface area contributed by atoms with Gasteiger partial charge in [0.2, 0.25) is 10.0 Å². The summed E-state index contributed by atoms with van der Waals surface area (Å²) < 4.78 is 27.7. The number of thiophene rings is 1. The SMILES string of the molecule is CCCN1CCc2c(sc(NC(=O)c3ccc(S(=O)(=O)N4CCCCC4C)cc3)c2C(=O)NC(N)=O)C1. The molecule has 1 aromatic carbocycles. The number of benzene rings is 1. The number of urea groups is 1. The zero-order valence-electron chi connectivity index (χ0n) is 21.1. The van der Waals surface area contributed by atoms with Gasteiger partial charge in [0.05, 0.1) is 10.5 Å². The van der Waals surface area contributed by atoms with Crippen LogP contribution in [0.1, 0.15) is 70.7 Å². The van der Waals surface area contributed by atoms with Gasteiger partial charge in [-0.25, -0.2) is 13.2 Å². The number of carbonyl (C=O) groups is 3. The standard InChI is InChI=1S/C25H33N5O5S2/c1-3-12-29-14-11-19-20(15-29)36-24(21(19)23(32)28-25(26)33)27-22(31)17-7-9-18(10-8-17)37(34,35)30-13-5-4-6-16(30)2/h7-10,16H,3-6,11-15H2,1-2H3,(H,27,31)(H3,26,28,32,33). The van der Waals surface area contributed by atoms with E-state index in [-0.39, 0.29) is 22.1 Å². The monoisotopic (exact) mass is 547 g/mol. The number of nitrogens with one attached hydrogen (secondary N) is 2. The molecule has 3 heterocycles. The molecule has 12 heteroatoms. The molecule has 4 rings (SSSR count). The fourth-order valence-corrected chi connectivity index (χ4v) is 7.97. The molecule has 4 N–H and O–H groups in total. The van der Waals surface area contributed by atoms with Gasteiger partial charge in [-0.15, -0.1) is 11.3 Å². The Kier molecular flexibility index (Phi) is 8.32. The van der Waals surface area contributed by atoms with Crippen molar-refractivity contribution in [3.63, 3.8) is 0 Å². The third kappa shape index (κ3) is 5.87. The first-order valence-corrected chi connectivity index (χ1v) is 14.8. The number of fused-ring (bicyclic) bond motifs is 1. The molecule has 0 saturated carbocycles. The number of anilines is 1. The summed E-state index contributed by atoms with van der Waals surface area (Å²) in [5.74, 6) is -1.13. The van der Waals surface area contributed by atoms with Gasteiger partial charge in [0.1, 0.15) is 5.00 Å². The number of hydrogen-bond acceptors (Lipinski definition) is 7. The van der Waals surface area contributed by atoms with E-state index in [1.165, 1.54) is 39.9 Å². The first-order chi connectivity index (χ1) is 17.6. The van der Waals surface area contributed by atoms with Crippen LogP contribution in [0.15, 0.2) is 29.2 Å². The lowest BCUT2D eigenvalue weighted by molar-refractivity contribution is 0.0965. The first kappa shape index (κ1) is 27.2. The van der Waals surface area contributed by atoms with Crippen LogP contribution in [0.3, 0.4) is 0 Å². The van der Waals surface area contributed by atoms with Gasteiger partial charge in [-0.3, -0.25) is 19.8 Å². The molecule has 10 nitrogen and oxygen atoms in total.